The molecule has 0 radical (unpaired) electrons. The number of halogens is 1. The molecule has 0 fully saturated rings. The first-order valence-electron chi connectivity index (χ1n) is 5.60. The van der Waals surface area contributed by atoms with Crippen LogP contribution < -0.4 is 10.6 Å². The average Bonchev–Trinajstić information content (AvgIpc) is 2.17. The Balaban J connectivity index is 2.73. The molecule has 1 nitrogen and oxygen atoms in total. The first-order chi connectivity index (χ1) is 7.31. The van der Waals surface area contributed by atoms with Crippen molar-refractivity contribution in [1.29, 1.82) is 0 Å². The fourth-order valence-corrected chi connectivity index (χ4v) is 1.80. The predicted molar refractivity (Wildman–Crippen MR) is 71.9 cm³/mol. The minimum atomic E-state index is -0.101. The molecule has 0 aromatic heterocycles. The number of hydrogen-bond acceptors (Lipinski definition) is 1. The van der Waals surface area contributed by atoms with Crippen LogP contribution >= 0.6 is 9.24 Å². The Hall–Kier alpha value is -0.460. The molecule has 0 aliphatic heterocycles. The third kappa shape index (κ3) is 3.84. The van der Waals surface area contributed by atoms with E-state index in [1.54, 1.807) is 6.07 Å². The fourth-order valence-electron chi connectivity index (χ4n) is 1.52. The Labute approximate surface area is 100 Å². The van der Waals surface area contributed by atoms with Crippen molar-refractivity contribution in [3.05, 3.63) is 29.6 Å². The van der Waals surface area contributed by atoms with Crippen LogP contribution in [0, 0.1) is 5.82 Å². The summed E-state index contributed by atoms with van der Waals surface area (Å²) in [6.07, 6.45) is 0. The second kappa shape index (κ2) is 5.25. The van der Waals surface area contributed by atoms with Gasteiger partial charge in [-0.05, 0) is 32.3 Å². The molecule has 1 N–H and O–H groups in total. The lowest BCUT2D eigenvalue weighted by molar-refractivity contribution is 0.409. The molecule has 0 aliphatic rings. The standard InChI is InChI=1S/C13H21FNP/c1-9(8-15-13(2,3)4)10-6-5-7-11(16)12(10)14/h5-7,9,15H,8,16H2,1-4H3. The summed E-state index contributed by atoms with van der Waals surface area (Å²) in [5, 5.41) is 4.03. The molecule has 0 bridgehead atoms. The van der Waals surface area contributed by atoms with E-state index in [1.165, 1.54) is 0 Å². The van der Waals surface area contributed by atoms with Crippen LogP contribution in [0.15, 0.2) is 18.2 Å². The van der Waals surface area contributed by atoms with Gasteiger partial charge in [0.05, 0.1) is 0 Å². The van der Waals surface area contributed by atoms with Crippen LogP contribution in [0.25, 0.3) is 0 Å². The number of nitrogens with one attached hydrogen (secondary N) is 1. The van der Waals surface area contributed by atoms with E-state index in [9.17, 15) is 4.39 Å². The Kier molecular flexibility index (Phi) is 4.46. The molecular formula is C13H21FNP. The van der Waals surface area contributed by atoms with Crippen LogP contribution in [0.2, 0.25) is 0 Å². The highest BCUT2D eigenvalue weighted by atomic mass is 31.0. The minimum Gasteiger partial charge on any atom is -0.311 e. The monoisotopic (exact) mass is 241 g/mol. The van der Waals surface area contributed by atoms with Crippen molar-refractivity contribution in [2.45, 2.75) is 39.2 Å². The van der Waals surface area contributed by atoms with Crippen LogP contribution in [-0.4, -0.2) is 12.1 Å². The van der Waals surface area contributed by atoms with Crippen LogP contribution in [0.3, 0.4) is 0 Å². The lowest BCUT2D eigenvalue weighted by atomic mass is 9.99. The van der Waals surface area contributed by atoms with E-state index in [-0.39, 0.29) is 17.3 Å². The summed E-state index contributed by atoms with van der Waals surface area (Å²) < 4.78 is 13.8. The SMILES string of the molecule is CC(CNC(C)(C)C)c1cccc(P)c1F. The molecule has 90 valence electrons. The zero-order valence-corrected chi connectivity index (χ0v) is 11.6. The highest BCUT2D eigenvalue weighted by Gasteiger charge is 2.15. The van der Waals surface area contributed by atoms with Gasteiger partial charge in [0.25, 0.3) is 0 Å². The van der Waals surface area contributed by atoms with Crippen LogP contribution in [0.1, 0.15) is 39.2 Å². The van der Waals surface area contributed by atoms with Gasteiger partial charge < -0.3 is 5.32 Å². The van der Waals surface area contributed by atoms with Gasteiger partial charge in [-0.2, -0.15) is 0 Å². The number of rotatable bonds is 3. The van der Waals surface area contributed by atoms with Crippen molar-refractivity contribution >= 4 is 14.5 Å². The number of benzene rings is 1. The van der Waals surface area contributed by atoms with Gasteiger partial charge in [0, 0.05) is 17.4 Å². The molecule has 1 rings (SSSR count). The second-order valence-corrected chi connectivity index (χ2v) is 5.90. The summed E-state index contributed by atoms with van der Waals surface area (Å²) in [5.74, 6) is 0.0791. The van der Waals surface area contributed by atoms with Gasteiger partial charge >= 0.3 is 0 Å². The van der Waals surface area contributed by atoms with Gasteiger partial charge in [-0.15, -0.1) is 9.24 Å². The Morgan fingerprint density at radius 3 is 2.56 bits per heavy atom. The van der Waals surface area contributed by atoms with Gasteiger partial charge in [-0.25, -0.2) is 4.39 Å². The molecule has 0 aliphatic carbocycles. The molecule has 0 heterocycles. The Morgan fingerprint density at radius 1 is 1.38 bits per heavy atom. The summed E-state index contributed by atoms with van der Waals surface area (Å²) in [4.78, 5) is 0. The third-order valence-corrected chi connectivity index (χ3v) is 2.97. The molecule has 2 unspecified atom stereocenters. The van der Waals surface area contributed by atoms with Gasteiger partial charge in [-0.1, -0.05) is 25.1 Å². The van der Waals surface area contributed by atoms with Crippen LogP contribution in [0.5, 0.6) is 0 Å². The summed E-state index contributed by atoms with van der Waals surface area (Å²) in [6, 6.07) is 5.53. The van der Waals surface area contributed by atoms with E-state index in [2.05, 4.69) is 35.3 Å². The Bertz CT molecular complexity index is 357. The fraction of sp³-hybridized carbons (Fsp3) is 0.538. The minimum absolute atomic E-state index is 0.0727. The molecule has 2 atom stereocenters. The summed E-state index contributed by atoms with van der Waals surface area (Å²) >= 11 is 0. The first-order valence-corrected chi connectivity index (χ1v) is 6.18. The van der Waals surface area contributed by atoms with E-state index >= 15 is 0 Å². The van der Waals surface area contributed by atoms with E-state index < -0.39 is 0 Å². The van der Waals surface area contributed by atoms with Crippen molar-refractivity contribution in [1.82, 2.24) is 5.32 Å². The molecule has 0 spiro atoms. The van der Waals surface area contributed by atoms with E-state index in [0.717, 1.165) is 12.1 Å². The van der Waals surface area contributed by atoms with Crippen molar-refractivity contribution < 1.29 is 4.39 Å². The predicted octanol–water partition coefficient (Wildman–Crippen LogP) is 2.82. The van der Waals surface area contributed by atoms with Gasteiger partial charge in [0.1, 0.15) is 5.82 Å². The largest absolute Gasteiger partial charge is 0.311 e. The van der Waals surface area contributed by atoms with Crippen molar-refractivity contribution in [3.63, 3.8) is 0 Å². The van der Waals surface area contributed by atoms with Crippen LogP contribution in [-0.2, 0) is 0 Å². The zero-order chi connectivity index (χ0) is 12.3. The number of hydrogen-bond donors (Lipinski definition) is 1. The summed E-state index contributed by atoms with van der Waals surface area (Å²) in [5.41, 5.74) is 0.854. The highest BCUT2D eigenvalue weighted by Crippen LogP contribution is 2.18. The van der Waals surface area contributed by atoms with Gasteiger partial charge in [0.2, 0.25) is 0 Å². The van der Waals surface area contributed by atoms with Crippen molar-refractivity contribution in [2.75, 3.05) is 6.54 Å². The topological polar surface area (TPSA) is 12.0 Å². The van der Waals surface area contributed by atoms with Crippen molar-refractivity contribution in [2.24, 2.45) is 0 Å². The zero-order valence-electron chi connectivity index (χ0n) is 10.5. The quantitative estimate of drug-likeness (QED) is 0.802. The normalized spacial score (nSPS) is 13.9. The molecule has 0 saturated carbocycles. The molecular weight excluding hydrogens is 220 g/mol. The summed E-state index contributed by atoms with van der Waals surface area (Å²) in [6.45, 7) is 9.17. The first kappa shape index (κ1) is 13.6. The average molecular weight is 241 g/mol. The van der Waals surface area contributed by atoms with Gasteiger partial charge in [-0.3, -0.25) is 0 Å². The lowest BCUT2D eigenvalue weighted by Gasteiger charge is -2.24. The Morgan fingerprint density at radius 2 is 2.00 bits per heavy atom. The maximum absolute atomic E-state index is 13.8. The molecule has 1 aromatic rings. The molecule has 0 saturated heterocycles. The smallest absolute Gasteiger partial charge is 0.133 e. The lowest BCUT2D eigenvalue weighted by Crippen LogP contribution is -2.38. The second-order valence-electron chi connectivity index (χ2n) is 5.28. The maximum Gasteiger partial charge on any atom is 0.133 e. The highest BCUT2D eigenvalue weighted by molar-refractivity contribution is 7.27. The van der Waals surface area contributed by atoms with Crippen LogP contribution in [0.4, 0.5) is 4.39 Å². The molecule has 1 aromatic carbocycles. The van der Waals surface area contributed by atoms with E-state index in [4.69, 9.17) is 0 Å². The van der Waals surface area contributed by atoms with E-state index in [0.29, 0.717) is 5.30 Å². The summed E-state index contributed by atoms with van der Waals surface area (Å²) in [7, 11) is 2.43. The maximum atomic E-state index is 13.8. The van der Waals surface area contributed by atoms with Crippen molar-refractivity contribution in [3.8, 4) is 0 Å². The molecule has 0 amide bonds. The molecule has 16 heavy (non-hydrogen) atoms. The van der Waals surface area contributed by atoms with Gasteiger partial charge in [0.15, 0.2) is 0 Å². The van der Waals surface area contributed by atoms with E-state index in [1.807, 2.05) is 19.1 Å². The molecule has 3 heteroatoms. The third-order valence-electron chi connectivity index (χ3n) is 2.53.